The normalized spacial score (nSPS) is 16.7. The van der Waals surface area contributed by atoms with Gasteiger partial charge in [-0.2, -0.15) is 0 Å². The Labute approximate surface area is 142 Å². The van der Waals surface area contributed by atoms with E-state index in [9.17, 15) is 13.2 Å². The van der Waals surface area contributed by atoms with Crippen LogP contribution >= 0.6 is 0 Å². The van der Waals surface area contributed by atoms with Crippen molar-refractivity contribution in [3.8, 4) is 0 Å². The zero-order chi connectivity index (χ0) is 17.3. The second-order valence-electron chi connectivity index (χ2n) is 6.10. The Hall–Kier alpha value is -2.15. The van der Waals surface area contributed by atoms with Crippen LogP contribution < -0.4 is 0 Å². The van der Waals surface area contributed by atoms with Crippen molar-refractivity contribution in [2.24, 2.45) is 7.05 Å². The Morgan fingerprint density at radius 1 is 1.29 bits per heavy atom. The summed E-state index contributed by atoms with van der Waals surface area (Å²) in [5, 5.41) is -0.509. The lowest BCUT2D eigenvalue weighted by molar-refractivity contribution is -0.136. The number of hydrogen-bond donors (Lipinski definition) is 0. The first-order valence-corrected chi connectivity index (χ1v) is 9.54. The number of hydrogen-bond acceptors (Lipinski definition) is 4. The summed E-state index contributed by atoms with van der Waals surface area (Å²) in [6.45, 7) is 2.44. The molecule has 1 aromatic carbocycles. The molecule has 1 atom stereocenters. The van der Waals surface area contributed by atoms with E-state index in [1.54, 1.807) is 18.1 Å². The second kappa shape index (κ2) is 6.39. The molecule has 2 aromatic rings. The Morgan fingerprint density at radius 2 is 1.96 bits per heavy atom. The summed E-state index contributed by atoms with van der Waals surface area (Å²) in [6, 6.07) is 9.62. The number of benzene rings is 1. The van der Waals surface area contributed by atoms with Gasteiger partial charge in [0.1, 0.15) is 5.25 Å². The summed E-state index contributed by atoms with van der Waals surface area (Å²) in [6.07, 6.45) is 3.77. The van der Waals surface area contributed by atoms with Gasteiger partial charge in [-0.1, -0.05) is 37.3 Å². The third-order valence-corrected chi connectivity index (χ3v) is 6.62. The van der Waals surface area contributed by atoms with E-state index in [0.29, 0.717) is 6.42 Å². The smallest absolute Gasteiger partial charge is 0.230 e. The average molecular weight is 347 g/mol. The predicted octanol–water partition coefficient (Wildman–Crippen LogP) is 1.60. The zero-order valence-electron chi connectivity index (χ0n) is 13.8. The molecule has 0 saturated carbocycles. The Morgan fingerprint density at radius 3 is 2.50 bits per heavy atom. The van der Waals surface area contributed by atoms with E-state index in [1.165, 1.54) is 10.8 Å². The molecule has 0 radical (unpaired) electrons. The fraction of sp³-hybridized carbons (Fsp3) is 0.412. The van der Waals surface area contributed by atoms with Crippen LogP contribution in [0.25, 0.3) is 0 Å². The van der Waals surface area contributed by atoms with E-state index in [1.807, 2.05) is 37.3 Å². The number of amides is 1. The summed E-state index contributed by atoms with van der Waals surface area (Å²) in [7, 11) is -1.84. The van der Waals surface area contributed by atoms with Gasteiger partial charge >= 0.3 is 0 Å². The van der Waals surface area contributed by atoms with E-state index in [-0.39, 0.29) is 30.1 Å². The van der Waals surface area contributed by atoms with Crippen LogP contribution in [0.4, 0.5) is 0 Å². The van der Waals surface area contributed by atoms with Gasteiger partial charge in [-0.15, -0.1) is 0 Å². The van der Waals surface area contributed by atoms with Crippen LogP contribution in [-0.4, -0.2) is 47.1 Å². The molecular weight excluding hydrogens is 326 g/mol. The van der Waals surface area contributed by atoms with E-state index in [0.717, 1.165) is 5.56 Å². The zero-order valence-corrected chi connectivity index (χ0v) is 14.6. The summed E-state index contributed by atoms with van der Waals surface area (Å²) in [5.41, 5.74) is 0.973. The van der Waals surface area contributed by atoms with Crippen LogP contribution in [0.5, 0.6) is 0 Å². The molecule has 7 heteroatoms. The van der Waals surface area contributed by atoms with Crippen molar-refractivity contribution < 1.29 is 13.2 Å². The summed E-state index contributed by atoms with van der Waals surface area (Å²) >= 11 is 0. The maximum absolute atomic E-state index is 12.7. The van der Waals surface area contributed by atoms with Crippen molar-refractivity contribution >= 4 is 15.7 Å². The Bertz CT molecular complexity index is 824. The Kier molecular flexibility index (Phi) is 4.45. The third kappa shape index (κ3) is 2.84. The Balaban J connectivity index is 1.70. The molecule has 1 aromatic heterocycles. The number of carbonyl (C=O) groups is 1. The number of aryl methyl sites for hydroxylation is 1. The molecule has 0 aliphatic carbocycles. The molecule has 1 saturated heterocycles. The molecule has 24 heavy (non-hydrogen) atoms. The number of aromatic nitrogens is 2. The van der Waals surface area contributed by atoms with Gasteiger partial charge in [-0.05, 0) is 12.0 Å². The molecule has 6 nitrogen and oxygen atoms in total. The number of likely N-dealkylation sites (tertiary alicyclic amines) is 1. The highest BCUT2D eigenvalue weighted by Gasteiger charge is 2.43. The lowest BCUT2D eigenvalue weighted by Crippen LogP contribution is -2.58. The van der Waals surface area contributed by atoms with Gasteiger partial charge in [0.15, 0.2) is 0 Å². The van der Waals surface area contributed by atoms with Crippen molar-refractivity contribution in [1.82, 2.24) is 14.5 Å². The highest BCUT2D eigenvalue weighted by Crippen LogP contribution is 2.28. The lowest BCUT2D eigenvalue weighted by atomic mass is 9.94. The fourth-order valence-electron chi connectivity index (χ4n) is 3.05. The molecule has 1 unspecified atom stereocenters. The van der Waals surface area contributed by atoms with Crippen LogP contribution in [0.2, 0.25) is 0 Å². The summed E-state index contributed by atoms with van der Waals surface area (Å²) in [5.74, 6) is -0.224. The number of carbonyl (C=O) groups excluding carboxylic acids is 1. The summed E-state index contributed by atoms with van der Waals surface area (Å²) < 4.78 is 26.6. The molecule has 0 bridgehead atoms. The molecule has 1 fully saturated rings. The number of rotatable bonds is 5. The first-order valence-electron chi connectivity index (χ1n) is 8.00. The van der Waals surface area contributed by atoms with Gasteiger partial charge < -0.3 is 9.47 Å². The predicted molar refractivity (Wildman–Crippen MR) is 90.2 cm³/mol. The van der Waals surface area contributed by atoms with Crippen molar-refractivity contribution in [3.05, 3.63) is 48.3 Å². The number of sulfone groups is 1. The van der Waals surface area contributed by atoms with Gasteiger partial charge in [0, 0.05) is 32.5 Å². The first-order chi connectivity index (χ1) is 11.4. The van der Waals surface area contributed by atoms with Gasteiger partial charge in [0.25, 0.3) is 0 Å². The SMILES string of the molecule is CCC(C(=O)N1CC(S(=O)(=O)c2nccn2C)C1)c1ccccc1. The van der Waals surface area contributed by atoms with Crippen LogP contribution in [-0.2, 0) is 21.7 Å². The topological polar surface area (TPSA) is 72.3 Å². The van der Waals surface area contributed by atoms with Crippen molar-refractivity contribution in [2.45, 2.75) is 29.7 Å². The van der Waals surface area contributed by atoms with E-state index >= 15 is 0 Å². The monoisotopic (exact) mass is 347 g/mol. The largest absolute Gasteiger partial charge is 0.339 e. The highest BCUT2D eigenvalue weighted by atomic mass is 32.2. The van der Waals surface area contributed by atoms with E-state index in [2.05, 4.69) is 4.98 Å². The van der Waals surface area contributed by atoms with Gasteiger partial charge in [-0.3, -0.25) is 4.79 Å². The van der Waals surface area contributed by atoms with Crippen molar-refractivity contribution in [3.63, 3.8) is 0 Å². The molecule has 3 rings (SSSR count). The maximum atomic E-state index is 12.7. The standard InChI is InChI=1S/C17H21N3O3S/c1-3-15(13-7-5-4-6-8-13)16(21)20-11-14(12-20)24(22,23)17-18-9-10-19(17)2/h4-10,14-15H,3,11-12H2,1-2H3. The third-order valence-electron chi connectivity index (χ3n) is 4.54. The van der Waals surface area contributed by atoms with Gasteiger partial charge in [0.05, 0.1) is 5.92 Å². The minimum Gasteiger partial charge on any atom is -0.339 e. The molecule has 0 spiro atoms. The van der Waals surface area contributed by atoms with E-state index in [4.69, 9.17) is 0 Å². The first kappa shape index (κ1) is 16.7. The van der Waals surface area contributed by atoms with Crippen LogP contribution in [0, 0.1) is 0 Å². The molecule has 0 N–H and O–H groups in total. The van der Waals surface area contributed by atoms with Crippen LogP contribution in [0.1, 0.15) is 24.8 Å². The number of nitrogens with zero attached hydrogens (tertiary/aromatic N) is 3. The molecule has 1 aliphatic heterocycles. The molecule has 128 valence electrons. The molecule has 1 aliphatic rings. The van der Waals surface area contributed by atoms with Crippen molar-refractivity contribution in [2.75, 3.05) is 13.1 Å². The highest BCUT2D eigenvalue weighted by molar-refractivity contribution is 7.92. The molecule has 2 heterocycles. The van der Waals surface area contributed by atoms with E-state index < -0.39 is 15.1 Å². The second-order valence-corrected chi connectivity index (χ2v) is 8.22. The minimum absolute atomic E-state index is 0.00464. The van der Waals surface area contributed by atoms with Gasteiger partial charge in [0.2, 0.25) is 20.9 Å². The average Bonchev–Trinajstić information content (AvgIpc) is 2.94. The summed E-state index contributed by atoms with van der Waals surface area (Å²) in [4.78, 5) is 18.3. The van der Waals surface area contributed by atoms with Crippen molar-refractivity contribution in [1.29, 1.82) is 0 Å². The molecule has 1 amide bonds. The maximum Gasteiger partial charge on any atom is 0.230 e. The fourth-order valence-corrected chi connectivity index (χ4v) is 4.77. The van der Waals surface area contributed by atoms with Crippen LogP contribution in [0.3, 0.4) is 0 Å². The van der Waals surface area contributed by atoms with Gasteiger partial charge in [-0.25, -0.2) is 13.4 Å². The lowest BCUT2D eigenvalue weighted by Gasteiger charge is -2.40. The molecular formula is C17H21N3O3S. The quantitative estimate of drug-likeness (QED) is 0.823. The number of imidazole rings is 1. The minimum atomic E-state index is -3.50. The van der Waals surface area contributed by atoms with Crippen LogP contribution in [0.15, 0.2) is 47.9 Å².